The molecule has 4 heteroatoms. The Bertz CT molecular complexity index is 408. The molecule has 26 heavy (non-hydrogen) atoms. The standard InChI is InChI=1S/C22H39FO3/c1-3-5-6-7-8-10-13-18-16-17-21(24)19(18)14-11-9-12-15-20(23)22(25)26-4-2/h15,18-19,21,24H,3-14,16-17H2,1-2H3/t18-,19+,21-/m0/s1. The van der Waals surface area contributed by atoms with Crippen molar-refractivity contribution in [2.75, 3.05) is 6.61 Å². The minimum atomic E-state index is -0.863. The fourth-order valence-electron chi connectivity index (χ4n) is 4.14. The number of aliphatic hydroxyl groups is 1. The zero-order chi connectivity index (χ0) is 19.2. The van der Waals surface area contributed by atoms with Crippen molar-refractivity contribution in [1.82, 2.24) is 0 Å². The highest BCUT2D eigenvalue weighted by atomic mass is 19.1. The number of carbonyl (C=O) groups excluding carboxylic acids is 1. The van der Waals surface area contributed by atoms with E-state index in [-0.39, 0.29) is 12.7 Å². The van der Waals surface area contributed by atoms with E-state index in [1.165, 1.54) is 51.0 Å². The molecule has 0 bridgehead atoms. The maximum atomic E-state index is 13.4. The SMILES string of the molecule is CCCCCCCC[C@H]1CC[C@H](O)[C@@H]1CCCCC=C(F)C(=O)OCC. The second kappa shape index (κ2) is 14.2. The highest BCUT2D eigenvalue weighted by Gasteiger charge is 2.33. The molecular weight excluding hydrogens is 331 g/mol. The quantitative estimate of drug-likeness (QED) is 0.228. The van der Waals surface area contributed by atoms with Gasteiger partial charge in [0, 0.05) is 0 Å². The number of esters is 1. The van der Waals surface area contributed by atoms with E-state index in [9.17, 15) is 14.3 Å². The highest BCUT2D eigenvalue weighted by molar-refractivity contribution is 5.85. The van der Waals surface area contributed by atoms with Gasteiger partial charge >= 0.3 is 5.97 Å². The Morgan fingerprint density at radius 2 is 1.73 bits per heavy atom. The molecule has 1 saturated carbocycles. The summed E-state index contributed by atoms with van der Waals surface area (Å²) in [5.74, 6) is -0.584. The molecule has 0 aliphatic heterocycles. The topological polar surface area (TPSA) is 46.5 Å². The Labute approximate surface area is 159 Å². The van der Waals surface area contributed by atoms with Crippen molar-refractivity contribution in [3.05, 3.63) is 11.9 Å². The third kappa shape index (κ3) is 9.16. The lowest BCUT2D eigenvalue weighted by Gasteiger charge is -2.22. The second-order valence-corrected chi connectivity index (χ2v) is 7.68. The van der Waals surface area contributed by atoms with Gasteiger partial charge in [-0.25, -0.2) is 4.79 Å². The van der Waals surface area contributed by atoms with Gasteiger partial charge in [-0.1, -0.05) is 58.3 Å². The average molecular weight is 371 g/mol. The van der Waals surface area contributed by atoms with Crippen molar-refractivity contribution < 1.29 is 19.0 Å². The molecule has 1 aliphatic carbocycles. The largest absolute Gasteiger partial charge is 0.461 e. The van der Waals surface area contributed by atoms with Crippen LogP contribution in [0.5, 0.6) is 0 Å². The summed E-state index contributed by atoms with van der Waals surface area (Å²) in [6.45, 7) is 4.10. The van der Waals surface area contributed by atoms with Crippen LogP contribution in [-0.4, -0.2) is 23.8 Å². The molecule has 1 N–H and O–H groups in total. The first-order valence-corrected chi connectivity index (χ1v) is 10.8. The minimum Gasteiger partial charge on any atom is -0.461 e. The van der Waals surface area contributed by atoms with Crippen molar-refractivity contribution in [2.45, 2.75) is 103 Å². The van der Waals surface area contributed by atoms with Crippen LogP contribution in [0, 0.1) is 11.8 Å². The molecule has 0 amide bonds. The Hall–Kier alpha value is -0.900. The van der Waals surface area contributed by atoms with Crippen LogP contribution < -0.4 is 0 Å². The number of carbonyl (C=O) groups is 1. The molecule has 1 aliphatic rings. The number of hydrogen-bond acceptors (Lipinski definition) is 3. The maximum Gasteiger partial charge on any atom is 0.366 e. The molecule has 3 atom stereocenters. The van der Waals surface area contributed by atoms with Gasteiger partial charge in [0.2, 0.25) is 5.83 Å². The van der Waals surface area contributed by atoms with Crippen LogP contribution in [0.25, 0.3) is 0 Å². The van der Waals surface area contributed by atoms with E-state index in [0.29, 0.717) is 18.3 Å². The van der Waals surface area contributed by atoms with Gasteiger partial charge in [-0.15, -0.1) is 0 Å². The van der Waals surface area contributed by atoms with E-state index in [1.807, 2.05) is 0 Å². The van der Waals surface area contributed by atoms with E-state index in [2.05, 4.69) is 11.7 Å². The van der Waals surface area contributed by atoms with Gasteiger partial charge in [0.15, 0.2) is 0 Å². The first-order valence-electron chi connectivity index (χ1n) is 10.8. The second-order valence-electron chi connectivity index (χ2n) is 7.68. The van der Waals surface area contributed by atoms with Gasteiger partial charge in [-0.3, -0.25) is 0 Å². The zero-order valence-corrected chi connectivity index (χ0v) is 16.9. The summed E-state index contributed by atoms with van der Waals surface area (Å²) in [5.41, 5.74) is 0. The lowest BCUT2D eigenvalue weighted by atomic mass is 9.86. The van der Waals surface area contributed by atoms with Gasteiger partial charge in [-0.05, 0) is 56.9 Å². The molecule has 1 rings (SSSR count). The summed E-state index contributed by atoms with van der Waals surface area (Å²) < 4.78 is 18.1. The molecule has 0 saturated heterocycles. The summed E-state index contributed by atoms with van der Waals surface area (Å²) in [7, 11) is 0. The lowest BCUT2D eigenvalue weighted by molar-refractivity contribution is -0.140. The van der Waals surface area contributed by atoms with Crippen LogP contribution in [0.2, 0.25) is 0 Å². The summed E-state index contributed by atoms with van der Waals surface area (Å²) >= 11 is 0. The third-order valence-electron chi connectivity index (χ3n) is 5.65. The van der Waals surface area contributed by atoms with Gasteiger partial charge in [0.1, 0.15) is 0 Å². The van der Waals surface area contributed by atoms with Crippen molar-refractivity contribution in [3.63, 3.8) is 0 Å². The molecule has 152 valence electrons. The minimum absolute atomic E-state index is 0.160. The molecule has 0 radical (unpaired) electrons. The molecule has 1 fully saturated rings. The average Bonchev–Trinajstić information content (AvgIpc) is 2.97. The molecule has 3 nitrogen and oxygen atoms in total. The van der Waals surface area contributed by atoms with Gasteiger partial charge in [0.05, 0.1) is 12.7 Å². The number of allylic oxidation sites excluding steroid dienone is 1. The van der Waals surface area contributed by atoms with Gasteiger partial charge in [0.25, 0.3) is 0 Å². The van der Waals surface area contributed by atoms with E-state index < -0.39 is 11.8 Å². The van der Waals surface area contributed by atoms with Crippen LogP contribution in [0.15, 0.2) is 11.9 Å². The normalized spacial score (nSPS) is 23.4. The lowest BCUT2D eigenvalue weighted by Crippen LogP contribution is -2.19. The van der Waals surface area contributed by atoms with Crippen LogP contribution in [0.4, 0.5) is 4.39 Å². The number of rotatable bonds is 14. The van der Waals surface area contributed by atoms with E-state index >= 15 is 0 Å². The Balaban J connectivity index is 2.20. The third-order valence-corrected chi connectivity index (χ3v) is 5.65. The summed E-state index contributed by atoms with van der Waals surface area (Å²) in [6.07, 6.45) is 15.8. The smallest absolute Gasteiger partial charge is 0.366 e. The fourth-order valence-corrected chi connectivity index (χ4v) is 4.14. The summed E-state index contributed by atoms with van der Waals surface area (Å²) in [4.78, 5) is 11.2. The summed E-state index contributed by atoms with van der Waals surface area (Å²) in [6, 6.07) is 0. The molecule has 0 aromatic rings. The van der Waals surface area contributed by atoms with Crippen LogP contribution in [-0.2, 0) is 9.53 Å². The van der Waals surface area contributed by atoms with Crippen molar-refractivity contribution in [1.29, 1.82) is 0 Å². The highest BCUT2D eigenvalue weighted by Crippen LogP contribution is 2.38. The van der Waals surface area contributed by atoms with Crippen molar-refractivity contribution >= 4 is 5.97 Å². The first kappa shape index (κ1) is 23.1. The van der Waals surface area contributed by atoms with E-state index in [4.69, 9.17) is 0 Å². The van der Waals surface area contributed by atoms with Crippen LogP contribution >= 0.6 is 0 Å². The number of unbranched alkanes of at least 4 members (excludes halogenated alkanes) is 7. The predicted molar refractivity (Wildman–Crippen MR) is 105 cm³/mol. The Morgan fingerprint density at radius 1 is 1.04 bits per heavy atom. The van der Waals surface area contributed by atoms with Crippen LogP contribution in [0.3, 0.4) is 0 Å². The Morgan fingerprint density at radius 3 is 2.46 bits per heavy atom. The molecular formula is C22H39FO3. The molecule has 0 unspecified atom stereocenters. The number of hydrogen-bond donors (Lipinski definition) is 1. The Kier molecular flexibility index (Phi) is 12.6. The number of halogens is 1. The van der Waals surface area contributed by atoms with Gasteiger partial charge in [-0.2, -0.15) is 4.39 Å². The fraction of sp³-hybridized carbons (Fsp3) is 0.864. The molecule has 0 aromatic carbocycles. The first-order chi connectivity index (χ1) is 12.6. The monoisotopic (exact) mass is 370 g/mol. The summed E-state index contributed by atoms with van der Waals surface area (Å²) in [5, 5.41) is 10.3. The zero-order valence-electron chi connectivity index (χ0n) is 16.9. The number of ether oxygens (including phenoxy) is 1. The molecule has 0 aromatic heterocycles. The maximum absolute atomic E-state index is 13.4. The van der Waals surface area contributed by atoms with Crippen LogP contribution in [0.1, 0.15) is 97.3 Å². The molecule has 0 spiro atoms. The predicted octanol–water partition coefficient (Wildman–Crippen LogP) is 6.10. The van der Waals surface area contributed by atoms with E-state index in [0.717, 1.165) is 32.1 Å². The van der Waals surface area contributed by atoms with E-state index in [1.54, 1.807) is 6.92 Å². The molecule has 0 heterocycles. The van der Waals surface area contributed by atoms with Gasteiger partial charge < -0.3 is 9.84 Å². The number of aliphatic hydroxyl groups excluding tert-OH is 1. The van der Waals surface area contributed by atoms with Crippen molar-refractivity contribution in [2.24, 2.45) is 11.8 Å². The van der Waals surface area contributed by atoms with Crippen molar-refractivity contribution in [3.8, 4) is 0 Å².